The zero-order valence-electron chi connectivity index (χ0n) is 16.5. The summed E-state index contributed by atoms with van der Waals surface area (Å²) in [6.45, 7) is 0.560. The number of thiazole rings is 1. The number of hydrogen-bond acceptors (Lipinski definition) is 5. The highest BCUT2D eigenvalue weighted by Gasteiger charge is 2.10. The van der Waals surface area contributed by atoms with E-state index in [0.29, 0.717) is 28.7 Å². The van der Waals surface area contributed by atoms with Gasteiger partial charge in [-0.1, -0.05) is 48.5 Å². The zero-order chi connectivity index (χ0) is 20.8. The lowest BCUT2D eigenvalue weighted by Crippen LogP contribution is -2.02. The van der Waals surface area contributed by atoms with Crippen LogP contribution in [0.2, 0.25) is 0 Å². The number of methoxy groups -OCH3 is 1. The minimum absolute atomic E-state index is 0.524. The van der Waals surface area contributed by atoms with E-state index >= 15 is 0 Å². The predicted octanol–water partition coefficient (Wildman–Crippen LogP) is 5.99. The number of fused-ring (bicyclic) bond motifs is 1. The Labute approximate surface area is 179 Å². The van der Waals surface area contributed by atoms with Crippen molar-refractivity contribution in [2.24, 2.45) is 0 Å². The summed E-state index contributed by atoms with van der Waals surface area (Å²) in [6.07, 6.45) is 2.65. The molecule has 1 heterocycles. The largest absolute Gasteiger partial charge is 0.493 e. The first-order valence-corrected chi connectivity index (χ1v) is 10.4. The predicted molar refractivity (Wildman–Crippen MR) is 122 cm³/mol. The summed E-state index contributed by atoms with van der Waals surface area (Å²) in [5, 5.41) is 10.4. The fourth-order valence-electron chi connectivity index (χ4n) is 3.11. The van der Waals surface area contributed by atoms with Crippen molar-refractivity contribution in [2.75, 3.05) is 13.7 Å². The molecule has 0 saturated carbocycles. The van der Waals surface area contributed by atoms with Crippen molar-refractivity contribution in [2.45, 2.75) is 6.42 Å². The first-order chi connectivity index (χ1) is 14.8. The SMILES string of the molecule is COc1cc(/C=C(\C#N)c2nc3ccccc3s2)ccc1OCCc1ccccc1. The van der Waals surface area contributed by atoms with Gasteiger partial charge in [0.1, 0.15) is 11.1 Å². The number of para-hydroxylation sites is 1. The molecule has 0 atom stereocenters. The third kappa shape index (κ3) is 4.51. The minimum atomic E-state index is 0.524. The van der Waals surface area contributed by atoms with Gasteiger partial charge in [-0.3, -0.25) is 0 Å². The van der Waals surface area contributed by atoms with Crippen LogP contribution < -0.4 is 9.47 Å². The molecule has 0 unspecified atom stereocenters. The highest BCUT2D eigenvalue weighted by molar-refractivity contribution is 7.19. The Kier molecular flexibility index (Phi) is 6.07. The van der Waals surface area contributed by atoms with Crippen LogP contribution in [0, 0.1) is 11.3 Å². The summed E-state index contributed by atoms with van der Waals surface area (Å²) in [5.74, 6) is 1.32. The summed E-state index contributed by atoms with van der Waals surface area (Å²) in [4.78, 5) is 4.58. The van der Waals surface area contributed by atoms with E-state index in [9.17, 15) is 5.26 Å². The van der Waals surface area contributed by atoms with Gasteiger partial charge >= 0.3 is 0 Å². The molecule has 5 heteroatoms. The molecule has 0 bridgehead atoms. The molecule has 0 saturated heterocycles. The monoisotopic (exact) mass is 412 g/mol. The van der Waals surface area contributed by atoms with Crippen LogP contribution in [0.4, 0.5) is 0 Å². The van der Waals surface area contributed by atoms with E-state index in [1.807, 2.05) is 66.7 Å². The second-order valence-electron chi connectivity index (χ2n) is 6.65. The normalized spacial score (nSPS) is 11.3. The van der Waals surface area contributed by atoms with Gasteiger partial charge in [-0.25, -0.2) is 4.98 Å². The number of rotatable bonds is 7. The Bertz CT molecular complexity index is 1190. The summed E-state index contributed by atoms with van der Waals surface area (Å²) in [6, 6.07) is 26.0. The lowest BCUT2D eigenvalue weighted by Gasteiger charge is -2.11. The standard InChI is InChI=1S/C25H20N2O2S/c1-28-23-16-19(11-12-22(23)29-14-13-18-7-3-2-4-8-18)15-20(17-26)25-27-21-9-5-6-10-24(21)30-25/h2-12,15-16H,13-14H2,1H3/b20-15+. The number of nitriles is 1. The van der Waals surface area contributed by atoms with Gasteiger partial charge in [0.25, 0.3) is 0 Å². The molecule has 0 aliphatic carbocycles. The third-order valence-corrected chi connectivity index (χ3v) is 5.70. The van der Waals surface area contributed by atoms with Crippen LogP contribution in [0.1, 0.15) is 16.1 Å². The van der Waals surface area contributed by atoms with Crippen molar-refractivity contribution in [1.82, 2.24) is 4.98 Å². The average molecular weight is 413 g/mol. The summed E-state index contributed by atoms with van der Waals surface area (Å²) >= 11 is 1.51. The quantitative estimate of drug-likeness (QED) is 0.350. The molecule has 0 radical (unpaired) electrons. The van der Waals surface area contributed by atoms with E-state index in [1.54, 1.807) is 7.11 Å². The van der Waals surface area contributed by atoms with Crippen molar-refractivity contribution in [3.63, 3.8) is 0 Å². The Balaban J connectivity index is 1.53. The molecule has 4 aromatic rings. The van der Waals surface area contributed by atoms with Gasteiger partial charge in [0.2, 0.25) is 0 Å². The van der Waals surface area contributed by atoms with Gasteiger partial charge in [-0.2, -0.15) is 5.26 Å². The number of nitrogens with zero attached hydrogens (tertiary/aromatic N) is 2. The fourth-order valence-corrected chi connectivity index (χ4v) is 4.04. The van der Waals surface area contributed by atoms with Crippen LogP contribution in [0.25, 0.3) is 21.9 Å². The summed E-state index contributed by atoms with van der Waals surface area (Å²) < 4.78 is 12.5. The minimum Gasteiger partial charge on any atom is -0.493 e. The summed E-state index contributed by atoms with van der Waals surface area (Å²) in [5.41, 5.74) is 3.51. The highest BCUT2D eigenvalue weighted by Crippen LogP contribution is 2.32. The van der Waals surface area contributed by atoms with Gasteiger partial charge < -0.3 is 9.47 Å². The van der Waals surface area contributed by atoms with E-state index in [-0.39, 0.29) is 0 Å². The second kappa shape index (κ2) is 9.25. The van der Waals surface area contributed by atoms with Gasteiger partial charge in [0.05, 0.1) is 29.5 Å². The van der Waals surface area contributed by atoms with E-state index < -0.39 is 0 Å². The molecule has 4 rings (SSSR count). The van der Waals surface area contributed by atoms with Crippen molar-refractivity contribution < 1.29 is 9.47 Å². The van der Waals surface area contributed by atoms with Gasteiger partial charge in [0, 0.05) is 6.42 Å². The molecule has 3 aromatic carbocycles. The first kappa shape index (κ1) is 19.7. The molecule has 0 spiro atoms. The van der Waals surface area contributed by atoms with Crippen LogP contribution in [0.5, 0.6) is 11.5 Å². The van der Waals surface area contributed by atoms with E-state index in [0.717, 1.165) is 22.2 Å². The maximum Gasteiger partial charge on any atom is 0.161 e. The number of ether oxygens (including phenoxy) is 2. The Hall–Kier alpha value is -3.62. The lowest BCUT2D eigenvalue weighted by molar-refractivity contribution is 0.297. The number of benzene rings is 3. The number of hydrogen-bond donors (Lipinski definition) is 0. The van der Waals surface area contributed by atoms with Crippen LogP contribution in [0.3, 0.4) is 0 Å². The van der Waals surface area contributed by atoms with Crippen LogP contribution in [0.15, 0.2) is 72.8 Å². The lowest BCUT2D eigenvalue weighted by atomic mass is 10.1. The molecule has 148 valence electrons. The zero-order valence-corrected chi connectivity index (χ0v) is 17.4. The molecule has 4 nitrogen and oxygen atoms in total. The van der Waals surface area contributed by atoms with Crippen LogP contribution >= 0.6 is 11.3 Å². The van der Waals surface area contributed by atoms with Crippen molar-refractivity contribution in [1.29, 1.82) is 5.26 Å². The fraction of sp³-hybridized carbons (Fsp3) is 0.120. The molecular formula is C25H20N2O2S. The molecule has 1 aromatic heterocycles. The molecule has 0 N–H and O–H groups in total. The third-order valence-electron chi connectivity index (χ3n) is 4.63. The van der Waals surface area contributed by atoms with Crippen molar-refractivity contribution >= 4 is 33.2 Å². The first-order valence-electron chi connectivity index (χ1n) is 9.59. The van der Waals surface area contributed by atoms with Crippen LogP contribution in [-0.2, 0) is 6.42 Å². The Morgan fingerprint density at radius 3 is 2.60 bits per heavy atom. The van der Waals surface area contributed by atoms with Crippen molar-refractivity contribution in [3.8, 4) is 17.6 Å². The smallest absolute Gasteiger partial charge is 0.161 e. The molecular weight excluding hydrogens is 392 g/mol. The van der Waals surface area contributed by atoms with Gasteiger partial charge in [0.15, 0.2) is 11.5 Å². The maximum atomic E-state index is 9.66. The molecule has 0 aliphatic heterocycles. The topological polar surface area (TPSA) is 55.1 Å². The number of allylic oxidation sites excluding steroid dienone is 1. The summed E-state index contributed by atoms with van der Waals surface area (Å²) in [7, 11) is 1.62. The van der Waals surface area contributed by atoms with Gasteiger partial charge in [-0.05, 0) is 41.5 Å². The number of aromatic nitrogens is 1. The molecule has 0 fully saturated rings. The highest BCUT2D eigenvalue weighted by atomic mass is 32.1. The van der Waals surface area contributed by atoms with E-state index in [4.69, 9.17) is 9.47 Å². The molecule has 0 amide bonds. The van der Waals surface area contributed by atoms with Crippen molar-refractivity contribution in [3.05, 3.63) is 88.9 Å². The molecule has 0 aliphatic rings. The Morgan fingerprint density at radius 2 is 1.83 bits per heavy atom. The molecule has 30 heavy (non-hydrogen) atoms. The second-order valence-corrected chi connectivity index (χ2v) is 7.68. The van der Waals surface area contributed by atoms with E-state index in [2.05, 4.69) is 23.2 Å². The van der Waals surface area contributed by atoms with E-state index in [1.165, 1.54) is 16.9 Å². The van der Waals surface area contributed by atoms with Gasteiger partial charge in [-0.15, -0.1) is 11.3 Å². The average Bonchev–Trinajstić information content (AvgIpc) is 3.23. The Morgan fingerprint density at radius 1 is 1.03 bits per heavy atom. The van der Waals surface area contributed by atoms with Crippen LogP contribution in [-0.4, -0.2) is 18.7 Å². The maximum absolute atomic E-state index is 9.66.